The zero-order valence-electron chi connectivity index (χ0n) is 16.9. The maximum absolute atomic E-state index is 12.8. The van der Waals surface area contributed by atoms with Crippen molar-refractivity contribution in [3.63, 3.8) is 0 Å². The maximum atomic E-state index is 12.8. The van der Waals surface area contributed by atoms with Crippen molar-refractivity contribution in [1.29, 1.82) is 0 Å². The summed E-state index contributed by atoms with van der Waals surface area (Å²) in [7, 11) is -3.91. The van der Waals surface area contributed by atoms with Crippen molar-refractivity contribution in [3.05, 3.63) is 88.9 Å². The van der Waals surface area contributed by atoms with Crippen LogP contribution >= 0.6 is 11.6 Å². The molecule has 0 spiro atoms. The Morgan fingerprint density at radius 2 is 1.68 bits per heavy atom. The van der Waals surface area contributed by atoms with Crippen LogP contribution in [0.1, 0.15) is 22.8 Å². The van der Waals surface area contributed by atoms with Crippen molar-refractivity contribution in [3.8, 4) is 11.3 Å². The summed E-state index contributed by atoms with van der Waals surface area (Å²) < 4.78 is 31.1. The number of aromatic nitrogens is 1. The molecule has 156 valence electrons. The first-order valence-electron chi connectivity index (χ1n) is 9.55. The van der Waals surface area contributed by atoms with Crippen molar-refractivity contribution in [2.24, 2.45) is 4.40 Å². The fourth-order valence-electron chi connectivity index (χ4n) is 3.52. The molecule has 3 aromatic carbocycles. The highest BCUT2D eigenvalue weighted by molar-refractivity contribution is 7.90. The topological polar surface area (TPSA) is 68.5 Å². The zero-order valence-corrected chi connectivity index (χ0v) is 18.5. The van der Waals surface area contributed by atoms with Gasteiger partial charge in [-0.15, -0.1) is 0 Å². The normalized spacial score (nSPS) is 12.0. The fourth-order valence-corrected chi connectivity index (χ4v) is 4.53. The highest BCUT2D eigenvalue weighted by Gasteiger charge is 2.21. The summed E-state index contributed by atoms with van der Waals surface area (Å²) in [6.07, 6.45) is 1.31. The van der Waals surface area contributed by atoms with Crippen molar-refractivity contribution in [2.45, 2.75) is 18.7 Å². The molecule has 0 atom stereocenters. The first kappa shape index (κ1) is 21.0. The van der Waals surface area contributed by atoms with Gasteiger partial charge in [-0.1, -0.05) is 65.7 Å². The van der Waals surface area contributed by atoms with Crippen LogP contribution in [0.2, 0.25) is 5.02 Å². The first-order chi connectivity index (χ1) is 14.8. The molecule has 5 nitrogen and oxygen atoms in total. The highest BCUT2D eigenvalue weighted by Crippen LogP contribution is 2.34. The molecule has 0 amide bonds. The van der Waals surface area contributed by atoms with E-state index in [2.05, 4.69) is 4.40 Å². The minimum atomic E-state index is -3.91. The molecule has 0 aliphatic carbocycles. The molecule has 0 N–H and O–H groups in total. The standard InChI is InChI=1S/C24H19ClN2O3S/c1-16-8-11-20(12-9-16)31(29,30)26-15-22-21-13-10-19(25)14-23(21)27(17(2)28)24(22)18-6-4-3-5-7-18/h3-15H,1-2H3/b26-15+. The number of hydrogen-bond acceptors (Lipinski definition) is 3. The Morgan fingerprint density at radius 1 is 1.00 bits per heavy atom. The van der Waals surface area contributed by atoms with Crippen LogP contribution in [-0.2, 0) is 10.0 Å². The largest absolute Gasteiger partial charge is 0.282 e. The van der Waals surface area contributed by atoms with Crippen molar-refractivity contribution < 1.29 is 13.2 Å². The van der Waals surface area contributed by atoms with Gasteiger partial charge in [0.15, 0.2) is 0 Å². The summed E-state index contributed by atoms with van der Waals surface area (Å²) in [4.78, 5) is 12.7. The van der Waals surface area contributed by atoms with E-state index in [4.69, 9.17) is 11.6 Å². The van der Waals surface area contributed by atoms with E-state index in [9.17, 15) is 13.2 Å². The third-order valence-corrected chi connectivity index (χ3v) is 6.46. The van der Waals surface area contributed by atoms with Crippen LogP contribution in [-0.4, -0.2) is 25.1 Å². The number of aryl methyl sites for hydroxylation is 1. The summed E-state index contributed by atoms with van der Waals surface area (Å²) in [6.45, 7) is 3.34. The molecule has 7 heteroatoms. The van der Waals surface area contributed by atoms with E-state index in [1.54, 1.807) is 30.3 Å². The molecular weight excluding hydrogens is 432 g/mol. The molecule has 0 fully saturated rings. The van der Waals surface area contributed by atoms with Gasteiger partial charge >= 0.3 is 0 Å². The average Bonchev–Trinajstić information content (AvgIpc) is 3.07. The molecular formula is C24H19ClN2O3S. The molecule has 0 saturated heterocycles. The van der Waals surface area contributed by atoms with Gasteiger partial charge in [-0.05, 0) is 36.8 Å². The van der Waals surface area contributed by atoms with Gasteiger partial charge in [-0.3, -0.25) is 9.36 Å². The Kier molecular flexibility index (Phi) is 5.52. The van der Waals surface area contributed by atoms with Crippen LogP contribution in [0.3, 0.4) is 0 Å². The van der Waals surface area contributed by atoms with E-state index in [0.29, 0.717) is 27.2 Å². The average molecular weight is 451 g/mol. The molecule has 0 unspecified atom stereocenters. The Bertz CT molecular complexity index is 1420. The maximum Gasteiger partial charge on any atom is 0.282 e. The zero-order chi connectivity index (χ0) is 22.2. The summed E-state index contributed by atoms with van der Waals surface area (Å²) in [5, 5.41) is 1.16. The quantitative estimate of drug-likeness (QED) is 0.372. The molecule has 0 radical (unpaired) electrons. The number of sulfonamides is 1. The monoisotopic (exact) mass is 450 g/mol. The summed E-state index contributed by atoms with van der Waals surface area (Å²) in [5.74, 6) is -0.216. The van der Waals surface area contributed by atoms with Crippen molar-refractivity contribution in [2.75, 3.05) is 0 Å². The van der Waals surface area contributed by atoms with Crippen molar-refractivity contribution >= 4 is 44.6 Å². The number of carbonyl (C=O) groups is 1. The van der Waals surface area contributed by atoms with Crippen LogP contribution in [0.4, 0.5) is 0 Å². The van der Waals surface area contributed by atoms with E-state index in [0.717, 1.165) is 11.1 Å². The van der Waals surface area contributed by atoms with Crippen molar-refractivity contribution in [1.82, 2.24) is 4.57 Å². The molecule has 0 aliphatic heterocycles. The second-order valence-electron chi connectivity index (χ2n) is 7.17. The number of carbonyl (C=O) groups excluding carboxylic acids is 1. The third kappa shape index (κ3) is 4.04. The van der Waals surface area contributed by atoms with Gasteiger partial charge in [0.2, 0.25) is 5.91 Å². The summed E-state index contributed by atoms with van der Waals surface area (Å²) >= 11 is 6.19. The summed E-state index contributed by atoms with van der Waals surface area (Å²) in [5.41, 5.74) is 3.40. The minimum Gasteiger partial charge on any atom is -0.279 e. The Morgan fingerprint density at radius 3 is 2.32 bits per heavy atom. The number of benzene rings is 3. The lowest BCUT2D eigenvalue weighted by molar-refractivity contribution is 0.0943. The fraction of sp³-hybridized carbons (Fsp3) is 0.0833. The van der Waals surface area contributed by atoms with Crippen LogP contribution in [0.5, 0.6) is 0 Å². The molecule has 4 aromatic rings. The SMILES string of the molecule is CC(=O)n1c(-c2ccccc2)c(/C=N/S(=O)(=O)c2ccc(C)cc2)c2ccc(Cl)cc21. The van der Waals surface area contributed by atoms with E-state index < -0.39 is 10.0 Å². The van der Waals surface area contributed by atoms with Crippen LogP contribution in [0.25, 0.3) is 22.2 Å². The lowest BCUT2D eigenvalue weighted by Gasteiger charge is -2.08. The van der Waals surface area contributed by atoms with E-state index in [1.165, 1.54) is 29.8 Å². The molecule has 1 aromatic heterocycles. The number of halogens is 1. The second-order valence-corrected chi connectivity index (χ2v) is 9.24. The molecule has 0 bridgehead atoms. The number of nitrogens with zero attached hydrogens (tertiary/aromatic N) is 2. The third-order valence-electron chi connectivity index (χ3n) is 4.97. The molecule has 4 rings (SSSR count). The lowest BCUT2D eigenvalue weighted by atomic mass is 10.1. The predicted octanol–water partition coefficient (Wildman–Crippen LogP) is 5.74. The Balaban J connectivity index is 1.98. The van der Waals surface area contributed by atoms with Gasteiger partial charge in [-0.25, -0.2) is 0 Å². The Hall–Kier alpha value is -3.22. The number of rotatable bonds is 4. The number of fused-ring (bicyclic) bond motifs is 1. The molecule has 0 saturated carbocycles. The van der Waals surface area contributed by atoms with Gasteiger partial charge in [0.05, 0.1) is 22.3 Å². The molecule has 31 heavy (non-hydrogen) atoms. The molecule has 0 aliphatic rings. The highest BCUT2D eigenvalue weighted by atomic mass is 35.5. The van der Waals surface area contributed by atoms with Gasteiger partial charge in [0, 0.05) is 22.9 Å². The second kappa shape index (κ2) is 8.13. The van der Waals surface area contributed by atoms with Crippen LogP contribution < -0.4 is 0 Å². The minimum absolute atomic E-state index is 0.106. The van der Waals surface area contributed by atoms with Gasteiger partial charge < -0.3 is 0 Å². The summed E-state index contributed by atoms with van der Waals surface area (Å²) in [6, 6.07) is 21.0. The van der Waals surface area contributed by atoms with Gasteiger partial charge in [-0.2, -0.15) is 12.8 Å². The first-order valence-corrected chi connectivity index (χ1v) is 11.4. The van der Waals surface area contributed by atoms with Gasteiger partial charge in [0.1, 0.15) is 0 Å². The van der Waals surface area contributed by atoms with Gasteiger partial charge in [0.25, 0.3) is 10.0 Å². The number of hydrogen-bond donors (Lipinski definition) is 0. The van der Waals surface area contributed by atoms with E-state index in [-0.39, 0.29) is 10.8 Å². The smallest absolute Gasteiger partial charge is 0.279 e. The Labute approximate surface area is 185 Å². The van der Waals surface area contributed by atoms with E-state index >= 15 is 0 Å². The lowest BCUT2D eigenvalue weighted by Crippen LogP contribution is -2.07. The van der Waals surface area contributed by atoms with Crippen LogP contribution in [0, 0.1) is 6.92 Å². The molecule has 1 heterocycles. The predicted molar refractivity (Wildman–Crippen MR) is 125 cm³/mol. The van der Waals surface area contributed by atoms with Crippen LogP contribution in [0.15, 0.2) is 82.1 Å². The van der Waals surface area contributed by atoms with E-state index in [1.807, 2.05) is 37.3 Å².